The number of carbonyl (C=O) groups is 1. The van der Waals surface area contributed by atoms with Gasteiger partial charge in [0.15, 0.2) is 5.78 Å². The van der Waals surface area contributed by atoms with Crippen molar-refractivity contribution in [1.29, 1.82) is 0 Å². The van der Waals surface area contributed by atoms with Crippen molar-refractivity contribution in [2.75, 3.05) is 7.11 Å². The topological polar surface area (TPSA) is 69.4 Å². The van der Waals surface area contributed by atoms with E-state index < -0.39 is 4.92 Å². The van der Waals surface area contributed by atoms with Gasteiger partial charge in [0.1, 0.15) is 5.75 Å². The molecule has 0 amide bonds. The van der Waals surface area contributed by atoms with Crippen LogP contribution in [0.5, 0.6) is 5.75 Å². The van der Waals surface area contributed by atoms with Crippen LogP contribution in [0.2, 0.25) is 0 Å². The normalized spacial score (nSPS) is 10.1. The highest BCUT2D eigenvalue weighted by atomic mass is 16.6. The Hall–Kier alpha value is -2.69. The van der Waals surface area contributed by atoms with Crippen LogP contribution in [0.3, 0.4) is 0 Å². The van der Waals surface area contributed by atoms with E-state index in [-0.39, 0.29) is 11.5 Å². The average Bonchev–Trinajstić information content (AvgIpc) is 2.46. The standard InChI is InChI=1S/C15H13NO4/c1-10-13(4-3-5-14(10)16(18)19)15(17)11-6-8-12(20-2)9-7-11/h3-9H,1-2H3. The number of ketones is 1. The summed E-state index contributed by atoms with van der Waals surface area (Å²) in [5.74, 6) is 0.408. The molecular weight excluding hydrogens is 258 g/mol. The summed E-state index contributed by atoms with van der Waals surface area (Å²) in [6.45, 7) is 1.58. The molecule has 0 heterocycles. The van der Waals surface area contributed by atoms with E-state index in [2.05, 4.69) is 0 Å². The first kappa shape index (κ1) is 13.7. The summed E-state index contributed by atoms with van der Waals surface area (Å²) in [6, 6.07) is 11.1. The van der Waals surface area contributed by atoms with Gasteiger partial charge in [0.2, 0.25) is 0 Å². The van der Waals surface area contributed by atoms with Crippen molar-refractivity contribution in [2.24, 2.45) is 0 Å². The van der Waals surface area contributed by atoms with Crippen molar-refractivity contribution in [1.82, 2.24) is 0 Å². The summed E-state index contributed by atoms with van der Waals surface area (Å²) in [5.41, 5.74) is 1.13. The second-order valence-electron chi connectivity index (χ2n) is 4.26. The van der Waals surface area contributed by atoms with Crippen LogP contribution in [0.1, 0.15) is 21.5 Å². The van der Waals surface area contributed by atoms with Gasteiger partial charge in [-0.1, -0.05) is 12.1 Å². The molecule has 20 heavy (non-hydrogen) atoms. The van der Waals surface area contributed by atoms with Crippen LogP contribution in [0.15, 0.2) is 42.5 Å². The molecule has 0 saturated carbocycles. The summed E-state index contributed by atoms with van der Waals surface area (Å²) in [6.07, 6.45) is 0. The molecule has 102 valence electrons. The van der Waals surface area contributed by atoms with Crippen LogP contribution in [-0.2, 0) is 0 Å². The van der Waals surface area contributed by atoms with Gasteiger partial charge in [-0.3, -0.25) is 14.9 Å². The van der Waals surface area contributed by atoms with Gasteiger partial charge in [0, 0.05) is 22.8 Å². The molecule has 0 N–H and O–H groups in total. The zero-order chi connectivity index (χ0) is 14.7. The number of nitrogens with zero attached hydrogens (tertiary/aromatic N) is 1. The Morgan fingerprint density at radius 1 is 1.15 bits per heavy atom. The zero-order valence-corrected chi connectivity index (χ0v) is 11.1. The largest absolute Gasteiger partial charge is 0.497 e. The molecule has 0 aliphatic heterocycles. The summed E-state index contributed by atoms with van der Waals surface area (Å²) < 4.78 is 5.03. The SMILES string of the molecule is COc1ccc(C(=O)c2cccc([N+](=O)[O-])c2C)cc1. The number of rotatable bonds is 4. The number of nitro benzene ring substituents is 1. The predicted octanol–water partition coefficient (Wildman–Crippen LogP) is 3.14. The van der Waals surface area contributed by atoms with Gasteiger partial charge >= 0.3 is 0 Å². The Labute approximate surface area is 116 Å². The lowest BCUT2D eigenvalue weighted by Crippen LogP contribution is -2.05. The van der Waals surface area contributed by atoms with Crippen molar-refractivity contribution in [2.45, 2.75) is 6.92 Å². The molecule has 2 aromatic rings. The number of hydrogen-bond acceptors (Lipinski definition) is 4. The van der Waals surface area contributed by atoms with Gasteiger partial charge in [-0.2, -0.15) is 0 Å². The molecule has 0 aliphatic carbocycles. The third-order valence-corrected chi connectivity index (χ3v) is 3.10. The number of benzene rings is 2. The Morgan fingerprint density at radius 3 is 2.35 bits per heavy atom. The van der Waals surface area contributed by atoms with E-state index in [1.807, 2.05) is 0 Å². The minimum Gasteiger partial charge on any atom is -0.497 e. The zero-order valence-electron chi connectivity index (χ0n) is 11.1. The first-order valence-corrected chi connectivity index (χ1v) is 5.97. The highest BCUT2D eigenvalue weighted by Gasteiger charge is 2.18. The van der Waals surface area contributed by atoms with Crippen LogP contribution >= 0.6 is 0 Å². The maximum atomic E-state index is 12.4. The molecule has 0 aromatic heterocycles. The predicted molar refractivity (Wildman–Crippen MR) is 74.3 cm³/mol. The van der Waals surface area contributed by atoms with Crippen molar-refractivity contribution in [3.05, 3.63) is 69.3 Å². The third kappa shape index (κ3) is 2.51. The minimum atomic E-state index is -0.486. The summed E-state index contributed by atoms with van der Waals surface area (Å²) in [4.78, 5) is 22.8. The molecule has 0 fully saturated rings. The highest BCUT2D eigenvalue weighted by molar-refractivity contribution is 6.10. The maximum absolute atomic E-state index is 12.4. The summed E-state index contributed by atoms with van der Waals surface area (Å²) >= 11 is 0. The molecule has 2 rings (SSSR count). The van der Waals surface area contributed by atoms with Crippen molar-refractivity contribution in [3.63, 3.8) is 0 Å². The minimum absolute atomic E-state index is 0.0515. The van der Waals surface area contributed by atoms with Crippen LogP contribution < -0.4 is 4.74 Å². The molecule has 5 heteroatoms. The van der Waals surface area contributed by atoms with Gasteiger partial charge in [-0.25, -0.2) is 0 Å². The monoisotopic (exact) mass is 271 g/mol. The average molecular weight is 271 g/mol. The second kappa shape index (κ2) is 5.52. The smallest absolute Gasteiger partial charge is 0.273 e. The second-order valence-corrected chi connectivity index (χ2v) is 4.26. The fraction of sp³-hybridized carbons (Fsp3) is 0.133. The van der Waals surface area contributed by atoms with E-state index >= 15 is 0 Å². The van der Waals surface area contributed by atoms with E-state index in [9.17, 15) is 14.9 Å². The highest BCUT2D eigenvalue weighted by Crippen LogP contribution is 2.24. The first-order chi connectivity index (χ1) is 9.54. The van der Waals surface area contributed by atoms with Crippen LogP contribution in [-0.4, -0.2) is 17.8 Å². The molecule has 0 unspecified atom stereocenters. The van der Waals surface area contributed by atoms with Crippen LogP contribution in [0, 0.1) is 17.0 Å². The molecule has 0 aliphatic rings. The van der Waals surface area contributed by atoms with Crippen molar-refractivity contribution >= 4 is 11.5 Å². The Bertz CT molecular complexity index is 662. The van der Waals surface area contributed by atoms with Gasteiger partial charge < -0.3 is 4.74 Å². The lowest BCUT2D eigenvalue weighted by atomic mass is 9.98. The molecule has 0 spiro atoms. The quantitative estimate of drug-likeness (QED) is 0.486. The van der Waals surface area contributed by atoms with E-state index in [0.717, 1.165) is 0 Å². The fourth-order valence-electron chi connectivity index (χ4n) is 1.97. The Balaban J connectivity index is 2.42. The number of carbonyl (C=O) groups excluding carboxylic acids is 1. The maximum Gasteiger partial charge on any atom is 0.273 e. The van der Waals surface area contributed by atoms with Crippen molar-refractivity contribution < 1.29 is 14.5 Å². The van der Waals surface area contributed by atoms with Gasteiger partial charge in [-0.05, 0) is 31.2 Å². The third-order valence-electron chi connectivity index (χ3n) is 3.10. The fourth-order valence-corrected chi connectivity index (χ4v) is 1.97. The first-order valence-electron chi connectivity index (χ1n) is 5.97. The summed E-state index contributed by atoms with van der Waals surface area (Å²) in [5, 5.41) is 10.9. The number of hydrogen-bond donors (Lipinski definition) is 0. The Morgan fingerprint density at radius 2 is 1.80 bits per heavy atom. The molecule has 2 aromatic carbocycles. The molecule has 5 nitrogen and oxygen atoms in total. The molecule has 0 radical (unpaired) electrons. The molecule has 0 bridgehead atoms. The van der Waals surface area contributed by atoms with Gasteiger partial charge in [0.25, 0.3) is 5.69 Å². The van der Waals surface area contributed by atoms with E-state index in [1.165, 1.54) is 12.1 Å². The van der Waals surface area contributed by atoms with E-state index in [4.69, 9.17) is 4.74 Å². The lowest BCUT2D eigenvalue weighted by molar-refractivity contribution is -0.385. The number of ether oxygens (including phenoxy) is 1. The van der Waals surface area contributed by atoms with Crippen LogP contribution in [0.25, 0.3) is 0 Å². The molecular formula is C15H13NO4. The number of methoxy groups -OCH3 is 1. The van der Waals surface area contributed by atoms with Crippen molar-refractivity contribution in [3.8, 4) is 5.75 Å². The van der Waals surface area contributed by atoms with Gasteiger partial charge in [0.05, 0.1) is 12.0 Å². The van der Waals surface area contributed by atoms with E-state index in [0.29, 0.717) is 22.4 Å². The molecule has 0 saturated heterocycles. The van der Waals surface area contributed by atoms with Crippen LogP contribution in [0.4, 0.5) is 5.69 Å². The number of nitro groups is 1. The lowest BCUT2D eigenvalue weighted by Gasteiger charge is -2.06. The van der Waals surface area contributed by atoms with Gasteiger partial charge in [-0.15, -0.1) is 0 Å². The molecule has 0 atom stereocenters. The summed E-state index contributed by atoms with van der Waals surface area (Å²) in [7, 11) is 1.54. The van der Waals surface area contributed by atoms with E-state index in [1.54, 1.807) is 44.4 Å². The Kier molecular flexibility index (Phi) is 3.79.